The predicted molar refractivity (Wildman–Crippen MR) is 128 cm³/mol. The number of pyridine rings is 1. The lowest BCUT2D eigenvalue weighted by Crippen LogP contribution is -2.01. The lowest BCUT2D eigenvalue weighted by molar-refractivity contribution is 0.878. The van der Waals surface area contributed by atoms with Gasteiger partial charge in [-0.3, -0.25) is 0 Å². The summed E-state index contributed by atoms with van der Waals surface area (Å²) in [5, 5.41) is 15.8. The monoisotopic (exact) mass is 437 g/mol. The van der Waals surface area contributed by atoms with Crippen LogP contribution in [0.1, 0.15) is 11.3 Å². The van der Waals surface area contributed by atoms with E-state index in [1.54, 1.807) is 11.3 Å². The van der Waals surface area contributed by atoms with Gasteiger partial charge in [-0.05, 0) is 37.6 Å². The third-order valence-electron chi connectivity index (χ3n) is 5.40. The van der Waals surface area contributed by atoms with Crippen LogP contribution in [0.5, 0.6) is 0 Å². The van der Waals surface area contributed by atoms with E-state index in [4.69, 9.17) is 10.1 Å². The summed E-state index contributed by atoms with van der Waals surface area (Å²) in [6, 6.07) is 22.3. The summed E-state index contributed by atoms with van der Waals surface area (Å²) < 4.78 is 3.75. The maximum atomic E-state index is 4.87. The minimum Gasteiger partial charge on any atom is -0.307 e. The number of aryl methyl sites for hydroxylation is 2. The number of benzene rings is 2. The van der Waals surface area contributed by atoms with Crippen molar-refractivity contribution in [3.05, 3.63) is 83.4 Å². The Hall–Kier alpha value is -4.04. The van der Waals surface area contributed by atoms with Gasteiger partial charge < -0.3 is 5.32 Å². The van der Waals surface area contributed by atoms with Crippen LogP contribution in [0.2, 0.25) is 0 Å². The molecular weight excluding hydrogens is 418 g/mol. The topological polar surface area (TPSA) is 72.9 Å². The highest BCUT2D eigenvalue weighted by Gasteiger charge is 2.16. The van der Waals surface area contributed by atoms with Crippen LogP contribution in [0, 0.1) is 13.8 Å². The smallest absolute Gasteiger partial charge is 0.249 e. The number of rotatable bonds is 4. The molecule has 6 aromatic rings. The maximum Gasteiger partial charge on any atom is 0.249 e. The van der Waals surface area contributed by atoms with Crippen LogP contribution in [0.15, 0.2) is 72.1 Å². The van der Waals surface area contributed by atoms with E-state index in [-0.39, 0.29) is 0 Å². The van der Waals surface area contributed by atoms with Crippen LogP contribution in [-0.2, 0) is 0 Å². The van der Waals surface area contributed by atoms with Crippen LogP contribution in [-0.4, -0.2) is 29.4 Å². The summed E-state index contributed by atoms with van der Waals surface area (Å²) in [5.74, 6) is 1.20. The van der Waals surface area contributed by atoms with Gasteiger partial charge in [0.05, 0.1) is 17.1 Å². The van der Waals surface area contributed by atoms with Crippen LogP contribution < -0.4 is 5.32 Å². The molecule has 0 spiro atoms. The molecule has 0 fully saturated rings. The van der Waals surface area contributed by atoms with Gasteiger partial charge in [-0.1, -0.05) is 48.5 Å². The molecule has 4 heterocycles. The molecule has 0 atom stereocenters. The molecule has 0 radical (unpaired) electrons. The first-order valence-electron chi connectivity index (χ1n) is 10.3. The molecular formula is C24H19N7S. The Bertz CT molecular complexity index is 1560. The van der Waals surface area contributed by atoms with Crippen molar-refractivity contribution in [1.29, 1.82) is 0 Å². The number of hydrogen-bond acceptors (Lipinski definition) is 6. The zero-order chi connectivity index (χ0) is 21.7. The number of thiazole rings is 1. The van der Waals surface area contributed by atoms with Gasteiger partial charge in [-0.25, -0.2) is 14.2 Å². The first-order chi connectivity index (χ1) is 15.7. The summed E-state index contributed by atoms with van der Waals surface area (Å²) in [6.07, 6.45) is 0. The summed E-state index contributed by atoms with van der Waals surface area (Å²) in [4.78, 5) is 10.3. The molecule has 4 aromatic heterocycles. The Morgan fingerprint density at radius 3 is 2.41 bits per heavy atom. The lowest BCUT2D eigenvalue weighted by Gasteiger charge is -2.06. The number of nitrogens with one attached hydrogen (secondary N) is 1. The van der Waals surface area contributed by atoms with Crippen LogP contribution in [0.3, 0.4) is 0 Å². The van der Waals surface area contributed by atoms with Gasteiger partial charge in [0.2, 0.25) is 10.9 Å². The number of aromatic nitrogens is 6. The van der Waals surface area contributed by atoms with Gasteiger partial charge in [-0.2, -0.15) is 10.1 Å². The molecule has 8 heteroatoms. The molecule has 0 saturated carbocycles. The van der Waals surface area contributed by atoms with Gasteiger partial charge >= 0.3 is 0 Å². The number of para-hydroxylation sites is 1. The standard InChI is InChI=1S/C24H19N7S/c1-15-13-20(25-22-21(15)16(2)28-30(22)18-11-7-4-8-12-18)26-23-27-24-31(29-23)19(14-32-24)17-9-5-3-6-10-17/h3-14H,1-2H3,(H,25,26,29). The second-order valence-corrected chi connectivity index (χ2v) is 8.43. The second kappa shape index (κ2) is 7.28. The first-order valence-corrected chi connectivity index (χ1v) is 11.1. The van der Waals surface area contributed by atoms with Crippen molar-refractivity contribution in [2.24, 2.45) is 0 Å². The summed E-state index contributed by atoms with van der Waals surface area (Å²) >= 11 is 1.56. The van der Waals surface area contributed by atoms with E-state index in [0.717, 1.165) is 44.2 Å². The minimum atomic E-state index is 0.516. The van der Waals surface area contributed by atoms with Gasteiger partial charge in [-0.15, -0.1) is 16.4 Å². The second-order valence-electron chi connectivity index (χ2n) is 7.60. The van der Waals surface area contributed by atoms with Gasteiger partial charge in [0, 0.05) is 16.3 Å². The SMILES string of the molecule is Cc1cc(Nc2nc3scc(-c4ccccc4)n3n2)nc2c1c(C)nn2-c1ccccc1. The molecule has 32 heavy (non-hydrogen) atoms. The fraction of sp³-hybridized carbons (Fsp3) is 0.0833. The molecule has 0 bridgehead atoms. The number of nitrogens with zero attached hydrogens (tertiary/aromatic N) is 6. The van der Waals surface area contributed by atoms with Crippen molar-refractivity contribution < 1.29 is 0 Å². The van der Waals surface area contributed by atoms with E-state index in [0.29, 0.717) is 11.8 Å². The third-order valence-corrected chi connectivity index (χ3v) is 6.22. The van der Waals surface area contributed by atoms with Gasteiger partial charge in [0.1, 0.15) is 5.82 Å². The number of anilines is 2. The highest BCUT2D eigenvalue weighted by molar-refractivity contribution is 7.15. The number of fused-ring (bicyclic) bond motifs is 2. The lowest BCUT2D eigenvalue weighted by atomic mass is 10.1. The molecule has 6 rings (SSSR count). The summed E-state index contributed by atoms with van der Waals surface area (Å²) in [5.41, 5.74) is 5.96. The molecule has 156 valence electrons. The van der Waals surface area contributed by atoms with Crippen molar-refractivity contribution in [3.8, 4) is 16.9 Å². The fourth-order valence-corrected chi connectivity index (χ4v) is 4.80. The van der Waals surface area contributed by atoms with Gasteiger partial charge in [0.25, 0.3) is 0 Å². The highest BCUT2D eigenvalue weighted by Crippen LogP contribution is 2.29. The van der Waals surface area contributed by atoms with Gasteiger partial charge in [0.15, 0.2) is 5.65 Å². The van der Waals surface area contributed by atoms with Crippen LogP contribution >= 0.6 is 11.3 Å². The maximum absolute atomic E-state index is 4.87. The first kappa shape index (κ1) is 18.7. The Morgan fingerprint density at radius 1 is 0.875 bits per heavy atom. The Morgan fingerprint density at radius 2 is 1.62 bits per heavy atom. The quantitative estimate of drug-likeness (QED) is 0.391. The van der Waals surface area contributed by atoms with E-state index < -0.39 is 0 Å². The molecule has 1 N–H and O–H groups in total. The zero-order valence-corrected chi connectivity index (χ0v) is 18.3. The predicted octanol–water partition coefficient (Wildman–Crippen LogP) is 5.55. The molecule has 7 nitrogen and oxygen atoms in total. The average Bonchev–Trinajstić information content (AvgIpc) is 3.48. The highest BCUT2D eigenvalue weighted by atomic mass is 32.1. The van der Waals surface area contributed by atoms with Crippen LogP contribution in [0.4, 0.5) is 11.8 Å². The van der Waals surface area contributed by atoms with E-state index in [2.05, 4.69) is 39.8 Å². The van der Waals surface area contributed by atoms with Crippen LogP contribution in [0.25, 0.3) is 32.9 Å². The zero-order valence-electron chi connectivity index (χ0n) is 17.5. The Labute approximate surface area is 188 Å². The number of hydrogen-bond donors (Lipinski definition) is 1. The average molecular weight is 438 g/mol. The van der Waals surface area contributed by atoms with Crippen molar-refractivity contribution in [2.45, 2.75) is 13.8 Å². The largest absolute Gasteiger partial charge is 0.307 e. The Balaban J connectivity index is 1.42. The van der Waals surface area contributed by atoms with E-state index in [1.807, 2.05) is 70.7 Å². The fourth-order valence-electron chi connectivity index (χ4n) is 3.97. The van der Waals surface area contributed by atoms with Crippen molar-refractivity contribution in [3.63, 3.8) is 0 Å². The molecule has 2 aromatic carbocycles. The molecule has 0 saturated heterocycles. The van der Waals surface area contributed by atoms with Crippen molar-refractivity contribution in [2.75, 3.05) is 5.32 Å². The third kappa shape index (κ3) is 3.04. The molecule has 0 amide bonds. The molecule has 0 aliphatic heterocycles. The minimum absolute atomic E-state index is 0.516. The summed E-state index contributed by atoms with van der Waals surface area (Å²) in [7, 11) is 0. The normalized spacial score (nSPS) is 11.4. The van der Waals surface area contributed by atoms with E-state index in [9.17, 15) is 0 Å². The van der Waals surface area contributed by atoms with E-state index >= 15 is 0 Å². The van der Waals surface area contributed by atoms with E-state index in [1.165, 1.54) is 0 Å². The Kier molecular flexibility index (Phi) is 4.26. The molecule has 0 unspecified atom stereocenters. The van der Waals surface area contributed by atoms with Crippen molar-refractivity contribution >= 4 is 39.1 Å². The summed E-state index contributed by atoms with van der Waals surface area (Å²) in [6.45, 7) is 4.09. The molecule has 0 aliphatic carbocycles. The molecule has 0 aliphatic rings. The van der Waals surface area contributed by atoms with Crippen molar-refractivity contribution in [1.82, 2.24) is 29.4 Å².